The summed E-state index contributed by atoms with van der Waals surface area (Å²) in [5, 5.41) is 0. The predicted octanol–water partition coefficient (Wildman–Crippen LogP) is 18.6. The monoisotopic (exact) mass is 1350 g/mol. The van der Waals surface area contributed by atoms with Crippen molar-refractivity contribution in [3.8, 4) is 0 Å². The molecular weight excluding hydrogens is 1200 g/mol. The van der Waals surface area contributed by atoms with Crippen LogP contribution in [0, 0.1) is 71.0 Å². The number of para-hydroxylation sites is 1. The molecule has 27 unspecified atom stereocenters. The Hall–Kier alpha value is -1.82. The molecule has 9 heterocycles. The summed E-state index contributed by atoms with van der Waals surface area (Å²) in [5.41, 5.74) is 2.89. The van der Waals surface area contributed by atoms with Gasteiger partial charge in [-0.05, 0) is 349 Å². The summed E-state index contributed by atoms with van der Waals surface area (Å²) >= 11 is 0. The lowest BCUT2D eigenvalue weighted by atomic mass is 9.79. The number of hydrogen-bond donors (Lipinski definition) is 0. The van der Waals surface area contributed by atoms with Crippen LogP contribution in [0.15, 0.2) is 48.6 Å². The maximum atomic E-state index is 2.66. The molecule has 27 atom stereocenters. The first-order valence-corrected chi connectivity index (χ1v) is 42.9. The third-order valence-corrected chi connectivity index (χ3v) is 32.3. The van der Waals surface area contributed by atoms with E-state index in [1.54, 1.807) is 12.8 Å². The molecule has 98 heavy (non-hydrogen) atoms. The van der Waals surface area contributed by atoms with Crippen molar-refractivity contribution in [2.45, 2.75) is 358 Å². The number of fused-ring (bicyclic) bond motifs is 13. The third-order valence-electron chi connectivity index (χ3n) is 32.3. The normalized spacial score (nSPS) is 44.8. The van der Waals surface area contributed by atoms with E-state index in [0.717, 1.165) is 156 Å². The summed E-state index contributed by atoms with van der Waals surface area (Å²) in [5.74, 6) is 12.5. The van der Waals surface area contributed by atoms with E-state index < -0.39 is 0 Å². The zero-order chi connectivity index (χ0) is 69.6. The second kappa shape index (κ2) is 35.5. The van der Waals surface area contributed by atoms with E-state index in [-0.39, 0.29) is 0 Å². The zero-order valence-corrected chi connectivity index (χ0v) is 67.3. The Morgan fingerprint density at radius 2 is 0.745 bits per heavy atom. The molecule has 9 aliphatic carbocycles. The molecule has 9 nitrogen and oxygen atoms in total. The first kappa shape index (κ1) is 77.3. The number of benzene rings is 1. The van der Waals surface area contributed by atoms with Gasteiger partial charge in [0.2, 0.25) is 0 Å². The van der Waals surface area contributed by atoms with Gasteiger partial charge in [0.15, 0.2) is 0 Å². The Balaban J connectivity index is 0.000000112. The van der Waals surface area contributed by atoms with E-state index in [9.17, 15) is 0 Å². The minimum Gasteiger partial charge on any atom is -0.371 e. The van der Waals surface area contributed by atoms with E-state index >= 15 is 0 Å². The van der Waals surface area contributed by atoms with Crippen LogP contribution in [0.3, 0.4) is 0 Å². The fraction of sp³-hybridized carbons (Fsp3) is 0.888. The maximum Gasteiger partial charge on any atom is 0.0399 e. The van der Waals surface area contributed by atoms with Gasteiger partial charge in [0.1, 0.15) is 0 Å². The number of allylic oxidation sites excluding steroid dienone is 2. The van der Waals surface area contributed by atoms with Crippen LogP contribution in [0.25, 0.3) is 0 Å². The Kier molecular flexibility index (Phi) is 28.0. The summed E-state index contributed by atoms with van der Waals surface area (Å²) in [6.07, 6.45) is 56.2. The highest BCUT2D eigenvalue weighted by Crippen LogP contribution is 2.56. The van der Waals surface area contributed by atoms with Gasteiger partial charge in [-0.1, -0.05) is 100 Å². The summed E-state index contributed by atoms with van der Waals surface area (Å²) in [7, 11) is 20.5. The van der Waals surface area contributed by atoms with E-state index in [1.807, 2.05) is 0 Å². The van der Waals surface area contributed by atoms with Gasteiger partial charge in [0.05, 0.1) is 0 Å². The fourth-order valence-electron chi connectivity index (χ4n) is 25.3. The van der Waals surface area contributed by atoms with Crippen LogP contribution in [0.5, 0.6) is 0 Å². The Morgan fingerprint density at radius 3 is 1.31 bits per heavy atom. The minimum absolute atomic E-state index is 0.674. The van der Waals surface area contributed by atoms with Crippen molar-refractivity contribution in [3.05, 3.63) is 54.1 Å². The molecule has 0 radical (unpaired) electrons. The van der Waals surface area contributed by atoms with Crippen LogP contribution >= 0.6 is 0 Å². The highest BCUT2D eigenvalue weighted by Gasteiger charge is 2.54. The van der Waals surface area contributed by atoms with Gasteiger partial charge in [-0.25, -0.2) is 0 Å². The molecule has 2 bridgehead atoms. The number of anilines is 1. The highest BCUT2D eigenvalue weighted by atomic mass is 15.2. The van der Waals surface area contributed by atoms with Crippen LogP contribution in [-0.2, 0) is 6.42 Å². The molecule has 18 aliphatic rings. The smallest absolute Gasteiger partial charge is 0.0399 e. The second-order valence-electron chi connectivity index (χ2n) is 37.7. The molecule has 7 saturated carbocycles. The lowest BCUT2D eigenvalue weighted by Gasteiger charge is -2.30. The van der Waals surface area contributed by atoms with Crippen molar-refractivity contribution in [2.75, 3.05) is 81.4 Å². The molecular formula is C89H157N9. The average Bonchev–Trinajstić information content (AvgIpc) is 1.59. The Labute approximate surface area is 606 Å². The molecule has 0 amide bonds. The van der Waals surface area contributed by atoms with Gasteiger partial charge in [-0.15, -0.1) is 0 Å². The quantitative estimate of drug-likeness (QED) is 0.236. The summed E-state index contributed by atoms with van der Waals surface area (Å²) in [6, 6.07) is 21.4. The first-order valence-electron chi connectivity index (χ1n) is 42.9. The van der Waals surface area contributed by atoms with Crippen molar-refractivity contribution < 1.29 is 0 Å². The molecule has 558 valence electrons. The molecule has 9 heteroatoms. The fourth-order valence-corrected chi connectivity index (χ4v) is 25.3. The molecule has 0 spiro atoms. The second-order valence-corrected chi connectivity index (χ2v) is 37.7. The number of likely N-dealkylation sites (tertiary alicyclic amines) is 8. The highest BCUT2D eigenvalue weighted by molar-refractivity contribution is 5.58. The van der Waals surface area contributed by atoms with E-state index in [2.05, 4.69) is 218 Å². The standard InChI is InChI=1S/C11H19N.C11H21N.2C10H19N.C10H17N.C10H13N.2C9H17N.C9H15N/c1-7-5-10-8-3-4-9(6-8)11(10)12(7)2;1-9-8-10-6-4-3-5-7-11(10)12(9)2;1-8-10-6-4-3-5-9(10)7-11(8)2;3*1-8-7-9-5-3-4-6-10(9)11(8)2;1-7-9-5-3-4-8(9)6-10(7)2;2*1-7-6-8-4-3-5-9(8)10(7)2/h7-11H,3-6H2,1-2H3;9-11H,3-8H2,1-2H3;2*8-10H,3-7H2,1-2H3;4,6,8-10H,3,5,7H2,1-2H3;3-6,8H,7H2,1-2H3;2*7-9H,3-6H2,1-2H3;3,5,7-9H,4,6H2,1-2H3. The third kappa shape index (κ3) is 18.0. The van der Waals surface area contributed by atoms with Gasteiger partial charge >= 0.3 is 0 Å². The Morgan fingerprint density at radius 1 is 0.316 bits per heavy atom. The van der Waals surface area contributed by atoms with Gasteiger partial charge < -0.3 is 34.3 Å². The number of rotatable bonds is 0. The van der Waals surface area contributed by atoms with Gasteiger partial charge in [-0.3, -0.25) is 9.80 Å². The van der Waals surface area contributed by atoms with Gasteiger partial charge in [-0.2, -0.15) is 0 Å². The van der Waals surface area contributed by atoms with Crippen molar-refractivity contribution in [2.24, 2.45) is 71.0 Å². The number of nitrogens with zero attached hydrogens (tertiary/aromatic N) is 9. The van der Waals surface area contributed by atoms with E-state index in [0.29, 0.717) is 6.04 Å². The summed E-state index contributed by atoms with van der Waals surface area (Å²) in [6.45, 7) is 24.0. The van der Waals surface area contributed by atoms with Gasteiger partial charge in [0, 0.05) is 116 Å². The largest absolute Gasteiger partial charge is 0.371 e. The molecule has 8 saturated heterocycles. The molecule has 1 aromatic carbocycles. The molecule has 1 aromatic rings. The zero-order valence-electron chi connectivity index (χ0n) is 67.3. The summed E-state index contributed by atoms with van der Waals surface area (Å²) in [4.78, 5) is 22.9. The van der Waals surface area contributed by atoms with Crippen molar-refractivity contribution in [3.63, 3.8) is 0 Å². The molecule has 19 rings (SSSR count). The molecule has 9 aliphatic heterocycles. The number of likely N-dealkylation sites (N-methyl/N-ethyl adjacent to an activating group) is 3. The van der Waals surface area contributed by atoms with Crippen LogP contribution in [0.4, 0.5) is 5.69 Å². The topological polar surface area (TPSA) is 29.2 Å². The Bertz CT molecular complexity index is 2530. The average molecular weight is 1350 g/mol. The van der Waals surface area contributed by atoms with Crippen LogP contribution < -0.4 is 4.90 Å². The van der Waals surface area contributed by atoms with E-state index in [1.165, 1.54) is 217 Å². The van der Waals surface area contributed by atoms with Crippen LogP contribution in [-0.4, -0.2) is 206 Å². The van der Waals surface area contributed by atoms with Gasteiger partial charge in [0.25, 0.3) is 0 Å². The number of hydrogen-bond acceptors (Lipinski definition) is 9. The van der Waals surface area contributed by atoms with E-state index in [4.69, 9.17) is 0 Å². The summed E-state index contributed by atoms with van der Waals surface area (Å²) < 4.78 is 0. The van der Waals surface area contributed by atoms with Crippen molar-refractivity contribution >= 4 is 5.69 Å². The minimum atomic E-state index is 0.674. The van der Waals surface area contributed by atoms with Crippen molar-refractivity contribution in [1.29, 1.82) is 0 Å². The molecule has 0 aromatic heterocycles. The molecule has 0 N–H and O–H groups in total. The van der Waals surface area contributed by atoms with Crippen LogP contribution in [0.1, 0.15) is 267 Å². The first-order chi connectivity index (χ1) is 47.1. The lowest BCUT2D eigenvalue weighted by Crippen LogP contribution is -2.36. The molecule has 15 fully saturated rings. The van der Waals surface area contributed by atoms with Crippen LogP contribution in [0.2, 0.25) is 0 Å². The lowest BCUT2D eigenvalue weighted by molar-refractivity contribution is 0.177. The van der Waals surface area contributed by atoms with Crippen molar-refractivity contribution in [1.82, 2.24) is 39.2 Å². The SMILES string of the molecule is CC1C2CCCC2CN1C.CC1C2CCCCC2CN1C.CC1CC2C3CCC(C3)C2N1C.CC1CC2CC=CC2N1C.CC1CC2CCC=CC2N1C.CC1CC2CCCC2N1C.CC1CC2CCCCC2N1C.CC1CC2CCCCCC2N1C.CC1Cc2ccccc2N1C. The predicted molar refractivity (Wildman–Crippen MR) is 422 cm³/mol. The maximum absolute atomic E-state index is 2.66.